The lowest BCUT2D eigenvalue weighted by molar-refractivity contribution is -0.133. The minimum atomic E-state index is -1.28. The van der Waals surface area contributed by atoms with Crippen molar-refractivity contribution < 1.29 is 29.1 Å². The van der Waals surface area contributed by atoms with Gasteiger partial charge in [0.25, 0.3) is 0 Å². The van der Waals surface area contributed by atoms with Crippen LogP contribution in [-0.4, -0.2) is 72.0 Å². The van der Waals surface area contributed by atoms with Crippen molar-refractivity contribution in [1.82, 2.24) is 26.6 Å². The van der Waals surface area contributed by atoms with Gasteiger partial charge in [-0.2, -0.15) is 0 Å². The number of rotatable bonds is 7. The number of amides is 6. The molecule has 0 saturated carbocycles. The Morgan fingerprint density at radius 3 is 2.32 bits per heavy atom. The maximum Gasteiger partial charge on any atom is 0.314 e. The molecule has 1 heterocycles. The number of nitrogens with one attached hydrogen (secondary N) is 5. The van der Waals surface area contributed by atoms with Crippen LogP contribution in [0, 0.1) is 0 Å². The van der Waals surface area contributed by atoms with Gasteiger partial charge in [0.1, 0.15) is 23.9 Å². The third-order valence-corrected chi connectivity index (χ3v) is 6.61. The van der Waals surface area contributed by atoms with Gasteiger partial charge >= 0.3 is 6.03 Å². The van der Waals surface area contributed by atoms with Crippen LogP contribution < -0.4 is 38.1 Å². The van der Waals surface area contributed by atoms with Crippen molar-refractivity contribution in [2.45, 2.75) is 56.3 Å². The fraction of sp³-hybridized carbons (Fsp3) is 0.393. The molecule has 4 atom stereocenters. The average Bonchev–Trinajstić information content (AvgIpc) is 2.95. The largest absolute Gasteiger partial charge is 0.508 e. The lowest BCUT2D eigenvalue weighted by Crippen LogP contribution is -2.60. The van der Waals surface area contributed by atoms with E-state index >= 15 is 0 Å². The predicted octanol–water partition coefficient (Wildman–Crippen LogP) is -1.07. The van der Waals surface area contributed by atoms with Crippen molar-refractivity contribution in [2.24, 2.45) is 11.5 Å². The molecule has 0 aliphatic carbocycles. The molecule has 10 N–H and O–H groups in total. The molecule has 1 aliphatic rings. The van der Waals surface area contributed by atoms with Gasteiger partial charge in [-0.15, -0.1) is 0 Å². The molecule has 2 aromatic rings. The number of phenolic OH excluding ortho intramolecular Hbond substituents is 1. The van der Waals surface area contributed by atoms with Gasteiger partial charge < -0.3 is 43.2 Å². The number of primary amides is 1. The molecule has 41 heavy (non-hydrogen) atoms. The summed E-state index contributed by atoms with van der Waals surface area (Å²) in [5.74, 6) is -2.66. The highest BCUT2D eigenvalue weighted by Gasteiger charge is 2.30. The van der Waals surface area contributed by atoms with Gasteiger partial charge in [-0.3, -0.25) is 19.2 Å². The van der Waals surface area contributed by atoms with Gasteiger partial charge in [-0.05, 0) is 48.9 Å². The Hall–Kier alpha value is -4.65. The number of phenols is 1. The number of benzene rings is 2. The van der Waals surface area contributed by atoms with Crippen LogP contribution in [-0.2, 0) is 32.0 Å². The van der Waals surface area contributed by atoms with Gasteiger partial charge in [0.15, 0.2) is 0 Å². The lowest BCUT2D eigenvalue weighted by atomic mass is 10.0. The standard InChI is InChI=1S/C28H37N7O6/c29-20(14-18-9-11-19(36)12-10-18)25(38)35-23-16-32-28(41)31-13-5-4-8-21(24(30)37)33-26(39)22(34-27(23)40)15-17-6-2-1-3-7-17/h1-3,6-7,9-12,20-23,36H,4-5,8,13-16,29H2,(H2,30,37)(H,33,39)(H,34,40)(H,35,38)(H2,31,32,41)/t20-,21-,22-,23-/m0/s1. The molecule has 13 nitrogen and oxygen atoms in total. The van der Waals surface area contributed by atoms with Crippen LogP contribution in [0.15, 0.2) is 54.6 Å². The Morgan fingerprint density at radius 2 is 1.63 bits per heavy atom. The fourth-order valence-electron chi connectivity index (χ4n) is 4.29. The van der Waals surface area contributed by atoms with E-state index in [4.69, 9.17) is 11.5 Å². The van der Waals surface area contributed by atoms with Crippen LogP contribution in [0.3, 0.4) is 0 Å². The third-order valence-electron chi connectivity index (χ3n) is 6.61. The van der Waals surface area contributed by atoms with E-state index in [1.807, 2.05) is 6.07 Å². The van der Waals surface area contributed by atoms with Crippen LogP contribution in [0.25, 0.3) is 0 Å². The molecule has 1 aliphatic heterocycles. The zero-order chi connectivity index (χ0) is 29.8. The Balaban J connectivity index is 1.81. The molecular weight excluding hydrogens is 530 g/mol. The van der Waals surface area contributed by atoms with E-state index in [9.17, 15) is 29.1 Å². The Morgan fingerprint density at radius 1 is 0.927 bits per heavy atom. The molecule has 6 amide bonds. The van der Waals surface area contributed by atoms with Crippen LogP contribution >= 0.6 is 0 Å². The van der Waals surface area contributed by atoms with Crippen molar-refractivity contribution in [1.29, 1.82) is 0 Å². The highest BCUT2D eigenvalue weighted by molar-refractivity contribution is 5.95. The molecule has 2 aromatic carbocycles. The van der Waals surface area contributed by atoms with Gasteiger partial charge in [0, 0.05) is 19.5 Å². The minimum absolute atomic E-state index is 0.0690. The van der Waals surface area contributed by atoms with E-state index in [1.165, 1.54) is 12.1 Å². The summed E-state index contributed by atoms with van der Waals surface area (Å²) in [7, 11) is 0. The zero-order valence-electron chi connectivity index (χ0n) is 22.6. The maximum absolute atomic E-state index is 13.4. The molecule has 220 valence electrons. The summed E-state index contributed by atoms with van der Waals surface area (Å²) >= 11 is 0. The highest BCUT2D eigenvalue weighted by Crippen LogP contribution is 2.11. The number of carbonyl (C=O) groups is 5. The van der Waals surface area contributed by atoms with E-state index < -0.39 is 53.8 Å². The molecule has 13 heteroatoms. The van der Waals surface area contributed by atoms with Crippen molar-refractivity contribution >= 4 is 29.7 Å². The summed E-state index contributed by atoms with van der Waals surface area (Å²) in [5, 5.41) is 22.5. The molecular formula is C28H37N7O6. The number of hydrogen-bond donors (Lipinski definition) is 8. The first kappa shape index (κ1) is 30.9. The minimum Gasteiger partial charge on any atom is -0.508 e. The fourth-order valence-corrected chi connectivity index (χ4v) is 4.29. The third kappa shape index (κ3) is 10.1. The Labute approximate surface area is 237 Å². The number of carbonyl (C=O) groups excluding carboxylic acids is 5. The quantitative estimate of drug-likeness (QED) is 0.207. The Bertz CT molecular complexity index is 1210. The first-order chi connectivity index (χ1) is 19.6. The average molecular weight is 568 g/mol. The maximum atomic E-state index is 13.4. The highest BCUT2D eigenvalue weighted by atomic mass is 16.3. The van der Waals surface area contributed by atoms with E-state index in [0.717, 1.165) is 5.56 Å². The van der Waals surface area contributed by atoms with E-state index in [-0.39, 0.29) is 38.1 Å². The number of aromatic hydroxyl groups is 1. The summed E-state index contributed by atoms with van der Waals surface area (Å²) in [6.45, 7) is 0.00153. The normalized spacial score (nSPS) is 21.5. The topological polar surface area (TPSA) is 218 Å². The summed E-state index contributed by atoms with van der Waals surface area (Å²) in [4.78, 5) is 64.1. The van der Waals surface area contributed by atoms with Gasteiger partial charge in [0.05, 0.1) is 6.04 Å². The Kier molecular flexibility index (Phi) is 11.5. The molecule has 1 fully saturated rings. The summed E-state index contributed by atoms with van der Waals surface area (Å²) in [6, 6.07) is 10.2. The monoisotopic (exact) mass is 567 g/mol. The predicted molar refractivity (Wildman–Crippen MR) is 150 cm³/mol. The molecule has 0 aromatic heterocycles. The smallest absolute Gasteiger partial charge is 0.314 e. The van der Waals surface area contributed by atoms with E-state index in [2.05, 4.69) is 26.6 Å². The van der Waals surface area contributed by atoms with Crippen molar-refractivity contribution in [3.63, 3.8) is 0 Å². The molecule has 0 spiro atoms. The first-order valence-corrected chi connectivity index (χ1v) is 13.4. The SMILES string of the molecule is NC(=O)[C@@H]1CCCCNC(=O)NC[C@H](NC(=O)[C@@H](N)Cc2ccc(O)cc2)C(=O)N[C@@H](Cc2ccccc2)C(=O)N1. The second-order valence-corrected chi connectivity index (χ2v) is 9.89. The molecule has 1 saturated heterocycles. The molecule has 0 radical (unpaired) electrons. The zero-order valence-corrected chi connectivity index (χ0v) is 22.6. The van der Waals surface area contributed by atoms with Crippen molar-refractivity contribution in [2.75, 3.05) is 13.1 Å². The molecule has 3 rings (SSSR count). The van der Waals surface area contributed by atoms with Gasteiger partial charge in [0.2, 0.25) is 23.6 Å². The summed E-state index contributed by atoms with van der Waals surface area (Å²) in [5.41, 5.74) is 13.0. The number of nitrogens with two attached hydrogens (primary N) is 2. The lowest BCUT2D eigenvalue weighted by Gasteiger charge is -2.25. The van der Waals surface area contributed by atoms with Crippen LogP contribution in [0.4, 0.5) is 4.79 Å². The second-order valence-electron chi connectivity index (χ2n) is 9.89. The van der Waals surface area contributed by atoms with Gasteiger partial charge in [-0.1, -0.05) is 42.5 Å². The second kappa shape index (κ2) is 15.2. The van der Waals surface area contributed by atoms with E-state index in [1.54, 1.807) is 36.4 Å². The van der Waals surface area contributed by atoms with Crippen molar-refractivity contribution in [3.05, 3.63) is 65.7 Å². The first-order valence-electron chi connectivity index (χ1n) is 13.4. The molecule has 0 bridgehead atoms. The van der Waals surface area contributed by atoms with Crippen LogP contribution in [0.1, 0.15) is 30.4 Å². The molecule has 0 unspecified atom stereocenters. The van der Waals surface area contributed by atoms with Crippen LogP contribution in [0.2, 0.25) is 0 Å². The number of hydrogen-bond acceptors (Lipinski definition) is 7. The summed E-state index contributed by atoms with van der Waals surface area (Å²) in [6.07, 6.45) is 1.50. The van der Waals surface area contributed by atoms with Crippen molar-refractivity contribution in [3.8, 4) is 5.75 Å². The van der Waals surface area contributed by atoms with E-state index in [0.29, 0.717) is 18.4 Å². The number of urea groups is 1. The summed E-state index contributed by atoms with van der Waals surface area (Å²) < 4.78 is 0. The van der Waals surface area contributed by atoms with Crippen LogP contribution in [0.5, 0.6) is 5.75 Å². The van der Waals surface area contributed by atoms with Gasteiger partial charge in [-0.25, -0.2) is 4.79 Å².